The number of carbonyl (C=O) groups is 1. The van der Waals surface area contributed by atoms with E-state index in [0.717, 1.165) is 12.8 Å². The number of rotatable bonds is 7. The van der Waals surface area contributed by atoms with Crippen molar-refractivity contribution in [1.29, 1.82) is 0 Å². The molecule has 0 aliphatic carbocycles. The lowest BCUT2D eigenvalue weighted by atomic mass is 10.1. The van der Waals surface area contributed by atoms with E-state index in [1.165, 1.54) is 7.11 Å². The topological polar surface area (TPSA) is 50.7 Å². The molecule has 0 aliphatic heterocycles. The maximum Gasteiger partial charge on any atom is 0.245 e. The molecule has 0 saturated carbocycles. The number of nitrogens with one attached hydrogen (secondary N) is 1. The molecule has 4 heteroatoms. The van der Waals surface area contributed by atoms with Gasteiger partial charge in [0, 0.05) is 26.9 Å². The van der Waals surface area contributed by atoms with Crippen molar-refractivity contribution in [3.8, 4) is 0 Å². The van der Waals surface area contributed by atoms with Gasteiger partial charge < -0.3 is 15.0 Å². The Balaban J connectivity index is 3.32. The van der Waals surface area contributed by atoms with Crippen LogP contribution in [0.2, 0.25) is 0 Å². The van der Waals surface area contributed by atoms with Crippen LogP contribution in [0.5, 0.6) is 0 Å². The highest BCUT2D eigenvalue weighted by molar-refractivity contribution is 5.77. The second-order valence-electron chi connectivity index (χ2n) is 3.31. The lowest BCUT2D eigenvalue weighted by molar-refractivity contribution is -0.124. The SMILES string of the molecule is CN=CC(C)CCCNC(=O)COC. The van der Waals surface area contributed by atoms with Crippen LogP contribution in [-0.4, -0.2) is 39.4 Å². The number of amides is 1. The van der Waals surface area contributed by atoms with E-state index in [0.29, 0.717) is 12.5 Å². The third-order valence-electron chi connectivity index (χ3n) is 1.84. The van der Waals surface area contributed by atoms with Gasteiger partial charge in [0.05, 0.1) is 0 Å². The van der Waals surface area contributed by atoms with Gasteiger partial charge >= 0.3 is 0 Å². The number of hydrogen-bond donors (Lipinski definition) is 1. The average Bonchev–Trinajstić information content (AvgIpc) is 2.13. The standard InChI is InChI=1S/C10H20N2O2/c1-9(7-11-2)5-4-6-12-10(13)8-14-3/h7,9H,4-6,8H2,1-3H3,(H,12,13). The van der Waals surface area contributed by atoms with E-state index in [-0.39, 0.29) is 12.5 Å². The predicted molar refractivity (Wildman–Crippen MR) is 57.7 cm³/mol. The van der Waals surface area contributed by atoms with E-state index in [9.17, 15) is 4.79 Å². The van der Waals surface area contributed by atoms with E-state index < -0.39 is 0 Å². The molecule has 0 aromatic rings. The summed E-state index contributed by atoms with van der Waals surface area (Å²) in [6, 6.07) is 0. The molecule has 1 atom stereocenters. The minimum absolute atomic E-state index is 0.0516. The van der Waals surface area contributed by atoms with E-state index in [2.05, 4.69) is 22.0 Å². The number of ether oxygens (including phenoxy) is 1. The van der Waals surface area contributed by atoms with Gasteiger partial charge in [-0.2, -0.15) is 0 Å². The fourth-order valence-corrected chi connectivity index (χ4v) is 1.16. The first-order valence-electron chi connectivity index (χ1n) is 4.88. The van der Waals surface area contributed by atoms with E-state index in [1.807, 2.05) is 6.21 Å². The molecular weight excluding hydrogens is 180 g/mol. The molecule has 1 amide bonds. The Bertz CT molecular complexity index is 181. The van der Waals surface area contributed by atoms with Crippen molar-refractivity contribution in [3.63, 3.8) is 0 Å². The molecule has 0 aromatic carbocycles. The molecule has 0 radical (unpaired) electrons. The van der Waals surface area contributed by atoms with Gasteiger partial charge in [-0.1, -0.05) is 6.92 Å². The maximum absolute atomic E-state index is 11.0. The summed E-state index contributed by atoms with van der Waals surface area (Å²) in [5.41, 5.74) is 0. The highest BCUT2D eigenvalue weighted by Gasteiger charge is 2.00. The zero-order valence-electron chi connectivity index (χ0n) is 9.25. The summed E-state index contributed by atoms with van der Waals surface area (Å²) >= 11 is 0. The lowest BCUT2D eigenvalue weighted by Crippen LogP contribution is -2.28. The molecule has 4 nitrogen and oxygen atoms in total. The van der Waals surface area contributed by atoms with Crippen LogP contribution < -0.4 is 5.32 Å². The van der Waals surface area contributed by atoms with Crippen molar-refractivity contribution >= 4 is 12.1 Å². The zero-order chi connectivity index (χ0) is 10.8. The molecule has 0 bridgehead atoms. The van der Waals surface area contributed by atoms with Gasteiger partial charge in [0.15, 0.2) is 0 Å². The highest BCUT2D eigenvalue weighted by atomic mass is 16.5. The molecule has 14 heavy (non-hydrogen) atoms. The smallest absolute Gasteiger partial charge is 0.245 e. The van der Waals surface area contributed by atoms with Gasteiger partial charge in [0.1, 0.15) is 6.61 Å². The first kappa shape index (κ1) is 13.1. The second-order valence-corrected chi connectivity index (χ2v) is 3.31. The molecular formula is C10H20N2O2. The van der Waals surface area contributed by atoms with Gasteiger partial charge in [0.25, 0.3) is 0 Å². The van der Waals surface area contributed by atoms with Crippen LogP contribution >= 0.6 is 0 Å². The van der Waals surface area contributed by atoms with E-state index in [4.69, 9.17) is 0 Å². The summed E-state index contributed by atoms with van der Waals surface area (Å²) in [7, 11) is 3.29. The fourth-order valence-electron chi connectivity index (χ4n) is 1.16. The van der Waals surface area contributed by atoms with Crippen molar-refractivity contribution in [1.82, 2.24) is 5.32 Å². The summed E-state index contributed by atoms with van der Waals surface area (Å²) in [6.07, 6.45) is 3.95. The molecule has 1 N–H and O–H groups in total. The van der Waals surface area contributed by atoms with Crippen LogP contribution in [0.4, 0.5) is 0 Å². The zero-order valence-corrected chi connectivity index (χ0v) is 9.25. The highest BCUT2D eigenvalue weighted by Crippen LogP contribution is 2.00. The van der Waals surface area contributed by atoms with Crippen LogP contribution in [0.1, 0.15) is 19.8 Å². The van der Waals surface area contributed by atoms with Gasteiger partial charge in [-0.05, 0) is 18.8 Å². The van der Waals surface area contributed by atoms with Crippen LogP contribution in [0, 0.1) is 5.92 Å². The molecule has 0 spiro atoms. The van der Waals surface area contributed by atoms with Crippen LogP contribution in [0.25, 0.3) is 0 Å². The number of nitrogens with zero attached hydrogens (tertiary/aromatic N) is 1. The third-order valence-corrected chi connectivity index (χ3v) is 1.84. The largest absolute Gasteiger partial charge is 0.375 e. The van der Waals surface area contributed by atoms with E-state index >= 15 is 0 Å². The Kier molecular flexibility index (Phi) is 8.13. The van der Waals surface area contributed by atoms with Crippen molar-refractivity contribution < 1.29 is 9.53 Å². The summed E-state index contributed by atoms with van der Waals surface area (Å²) in [5.74, 6) is 0.434. The molecule has 0 fully saturated rings. The fraction of sp³-hybridized carbons (Fsp3) is 0.800. The van der Waals surface area contributed by atoms with Crippen molar-refractivity contribution in [2.75, 3.05) is 27.3 Å². The first-order valence-corrected chi connectivity index (χ1v) is 4.88. The Morgan fingerprint density at radius 1 is 1.64 bits per heavy atom. The average molecular weight is 200 g/mol. The van der Waals surface area contributed by atoms with Crippen LogP contribution in [0.3, 0.4) is 0 Å². The number of methoxy groups -OCH3 is 1. The summed E-state index contributed by atoms with van der Waals surface area (Å²) in [6.45, 7) is 2.97. The van der Waals surface area contributed by atoms with Crippen LogP contribution in [0.15, 0.2) is 4.99 Å². The third kappa shape index (κ3) is 7.73. The summed E-state index contributed by atoms with van der Waals surface area (Å²) < 4.78 is 4.69. The molecule has 82 valence electrons. The van der Waals surface area contributed by atoms with E-state index in [1.54, 1.807) is 7.05 Å². The first-order chi connectivity index (χ1) is 6.70. The lowest BCUT2D eigenvalue weighted by Gasteiger charge is -2.06. The Morgan fingerprint density at radius 3 is 2.93 bits per heavy atom. The Labute approximate surface area is 85.7 Å². The minimum atomic E-state index is -0.0516. The molecule has 0 aromatic heterocycles. The van der Waals surface area contributed by atoms with Crippen molar-refractivity contribution in [3.05, 3.63) is 0 Å². The summed E-state index contributed by atoms with van der Waals surface area (Å²) in [5, 5.41) is 2.77. The predicted octanol–water partition coefficient (Wildman–Crippen LogP) is 0.866. The molecule has 0 rings (SSSR count). The van der Waals surface area contributed by atoms with Gasteiger partial charge in [-0.15, -0.1) is 0 Å². The summed E-state index contributed by atoms with van der Waals surface area (Å²) in [4.78, 5) is 14.9. The second kappa shape index (κ2) is 8.69. The quantitative estimate of drug-likeness (QED) is 0.489. The number of aliphatic imine (C=N–C) groups is 1. The van der Waals surface area contributed by atoms with Gasteiger partial charge in [-0.25, -0.2) is 0 Å². The van der Waals surface area contributed by atoms with Crippen molar-refractivity contribution in [2.24, 2.45) is 10.9 Å². The van der Waals surface area contributed by atoms with Crippen molar-refractivity contribution in [2.45, 2.75) is 19.8 Å². The minimum Gasteiger partial charge on any atom is -0.375 e. The van der Waals surface area contributed by atoms with Gasteiger partial charge in [0.2, 0.25) is 5.91 Å². The molecule has 1 unspecified atom stereocenters. The maximum atomic E-state index is 11.0. The molecule has 0 saturated heterocycles. The number of hydrogen-bond acceptors (Lipinski definition) is 3. The Hall–Kier alpha value is -0.900. The van der Waals surface area contributed by atoms with Gasteiger partial charge in [-0.3, -0.25) is 4.79 Å². The molecule has 0 aliphatic rings. The molecule has 0 heterocycles. The number of carbonyl (C=O) groups excluding carboxylic acids is 1. The van der Waals surface area contributed by atoms with Crippen LogP contribution in [-0.2, 0) is 9.53 Å². The Morgan fingerprint density at radius 2 is 2.36 bits per heavy atom. The monoisotopic (exact) mass is 200 g/mol. The normalized spacial score (nSPS) is 13.1.